The molecule has 1 amide bonds. The summed E-state index contributed by atoms with van der Waals surface area (Å²) < 4.78 is 21.1. The first-order valence-corrected chi connectivity index (χ1v) is 13.1. The summed E-state index contributed by atoms with van der Waals surface area (Å²) in [6.45, 7) is 7.91. The largest absolute Gasteiger partial charge is 0.471 e. The number of hydrogen-bond acceptors (Lipinski definition) is 5. The number of nitrogens with zero attached hydrogens (tertiary/aromatic N) is 1. The lowest BCUT2D eigenvalue weighted by atomic mass is 9.73. The van der Waals surface area contributed by atoms with E-state index in [1.54, 1.807) is 12.1 Å². The highest BCUT2D eigenvalue weighted by Gasteiger charge is 2.46. The smallest absolute Gasteiger partial charge is 0.221 e. The summed E-state index contributed by atoms with van der Waals surface area (Å²) in [6, 6.07) is 8.64. The molecule has 1 saturated carbocycles. The second-order valence-electron chi connectivity index (χ2n) is 11.6. The maximum Gasteiger partial charge on any atom is 0.221 e. The van der Waals surface area contributed by atoms with Crippen LogP contribution in [0.2, 0.25) is 5.02 Å². The Kier molecular flexibility index (Phi) is 7.93. The van der Waals surface area contributed by atoms with E-state index in [9.17, 15) is 14.3 Å². The number of fused-ring (bicyclic) bond motifs is 1. The fraction of sp³-hybridized carbons (Fsp3) is 0.571. The molecule has 0 bridgehead atoms. The fourth-order valence-corrected chi connectivity index (χ4v) is 5.30. The van der Waals surface area contributed by atoms with Gasteiger partial charge in [0.1, 0.15) is 5.60 Å². The van der Waals surface area contributed by atoms with Gasteiger partial charge in [-0.3, -0.25) is 4.79 Å². The molecule has 0 radical (unpaired) electrons. The van der Waals surface area contributed by atoms with Crippen LogP contribution in [-0.4, -0.2) is 40.3 Å². The van der Waals surface area contributed by atoms with Gasteiger partial charge in [-0.25, -0.2) is 0 Å². The second-order valence-corrected chi connectivity index (χ2v) is 12.0. The number of halogens is 2. The highest BCUT2D eigenvalue weighted by Crippen LogP contribution is 2.48. The van der Waals surface area contributed by atoms with Gasteiger partial charge in [0.25, 0.3) is 0 Å². The number of ether oxygens (including phenoxy) is 1. The number of pyridine rings is 1. The van der Waals surface area contributed by atoms with Gasteiger partial charge in [0.05, 0.1) is 12.1 Å². The van der Waals surface area contributed by atoms with E-state index in [4.69, 9.17) is 16.3 Å². The Labute approximate surface area is 218 Å². The van der Waals surface area contributed by atoms with Crippen LogP contribution in [0, 0.1) is 11.4 Å². The zero-order valence-electron chi connectivity index (χ0n) is 21.5. The lowest BCUT2D eigenvalue weighted by molar-refractivity contribution is -0.120. The maximum atomic E-state index is 14.9. The molecule has 6 nitrogen and oxygen atoms in total. The first kappa shape index (κ1) is 26.8. The van der Waals surface area contributed by atoms with Crippen LogP contribution in [0.25, 0.3) is 0 Å². The minimum absolute atomic E-state index is 0.0894. The summed E-state index contributed by atoms with van der Waals surface area (Å²) in [5.74, 6) is -0.334. The van der Waals surface area contributed by atoms with Crippen LogP contribution >= 0.6 is 11.6 Å². The number of nitrogens with one attached hydrogen (secondary N) is 2. The topological polar surface area (TPSA) is 83.5 Å². The Morgan fingerprint density at radius 2 is 2.00 bits per heavy atom. The number of carbonyl (C=O) groups is 1. The Bertz CT molecular complexity index is 1080. The monoisotopic (exact) mass is 517 g/mol. The fourth-order valence-electron chi connectivity index (χ4n) is 5.17. The van der Waals surface area contributed by atoms with Crippen LogP contribution in [0.1, 0.15) is 76.1 Å². The normalized spacial score (nSPS) is 20.1. The average molecular weight is 518 g/mol. The van der Waals surface area contributed by atoms with Crippen LogP contribution in [0.15, 0.2) is 30.3 Å². The molecule has 0 unspecified atom stereocenters. The van der Waals surface area contributed by atoms with Crippen LogP contribution in [0.5, 0.6) is 5.88 Å². The summed E-state index contributed by atoms with van der Waals surface area (Å²) in [5.41, 5.74) is 1.94. The number of amides is 1. The standard InChI is InChI=1S/C28H37ClFN3O3/c1-17(34)32-22(12-18-6-8-20(29)9-7-18)24(35)16-31-23-15-28(10-5-11-28)36-26-21(23)13-19(25(30)33-26)14-27(2,3)4/h6-9,13,22-24,31,35H,5,10-12,14-16H2,1-4H3,(H,32,34)/t22-,23-,24-/m0/s1. The van der Waals surface area contributed by atoms with Crippen LogP contribution in [-0.2, 0) is 17.6 Å². The Balaban J connectivity index is 1.53. The van der Waals surface area contributed by atoms with Crippen LogP contribution < -0.4 is 15.4 Å². The van der Waals surface area contributed by atoms with Crippen molar-refractivity contribution in [2.24, 2.45) is 5.41 Å². The third-order valence-electron chi connectivity index (χ3n) is 7.09. The summed E-state index contributed by atoms with van der Waals surface area (Å²) >= 11 is 6.00. The van der Waals surface area contributed by atoms with Crippen molar-refractivity contribution in [1.82, 2.24) is 15.6 Å². The van der Waals surface area contributed by atoms with Gasteiger partial charge < -0.3 is 20.5 Å². The summed E-state index contributed by atoms with van der Waals surface area (Å²) in [7, 11) is 0. The molecule has 36 heavy (non-hydrogen) atoms. The van der Waals surface area contributed by atoms with Crippen molar-refractivity contribution in [1.29, 1.82) is 0 Å². The third-order valence-corrected chi connectivity index (χ3v) is 7.34. The maximum absolute atomic E-state index is 14.9. The van der Waals surface area contributed by atoms with E-state index < -0.39 is 18.1 Å². The molecule has 1 aromatic heterocycles. The predicted molar refractivity (Wildman–Crippen MR) is 139 cm³/mol. The zero-order chi connectivity index (χ0) is 26.1. The van der Waals surface area contributed by atoms with E-state index in [2.05, 4.69) is 36.4 Å². The molecule has 0 saturated heterocycles. The summed E-state index contributed by atoms with van der Waals surface area (Å²) in [4.78, 5) is 16.1. The van der Waals surface area contributed by atoms with Crippen molar-refractivity contribution in [3.8, 4) is 5.88 Å². The summed E-state index contributed by atoms with van der Waals surface area (Å²) in [5, 5.41) is 18.1. The van der Waals surface area contributed by atoms with Gasteiger partial charge in [0, 0.05) is 42.1 Å². The lowest BCUT2D eigenvalue weighted by Crippen LogP contribution is -2.52. The molecule has 2 heterocycles. The van der Waals surface area contributed by atoms with Gasteiger partial charge in [-0.15, -0.1) is 0 Å². The number of hydrogen-bond donors (Lipinski definition) is 3. The molecule has 3 atom stereocenters. The van der Waals surface area contributed by atoms with E-state index in [1.165, 1.54) is 6.92 Å². The molecule has 2 aliphatic rings. The van der Waals surface area contributed by atoms with Gasteiger partial charge in [-0.1, -0.05) is 44.5 Å². The molecule has 1 fully saturated rings. The van der Waals surface area contributed by atoms with Crippen LogP contribution in [0.4, 0.5) is 4.39 Å². The van der Waals surface area contributed by atoms with E-state index in [0.29, 0.717) is 29.3 Å². The number of aliphatic hydroxyl groups is 1. The first-order valence-electron chi connectivity index (χ1n) is 12.7. The van der Waals surface area contributed by atoms with E-state index in [-0.39, 0.29) is 29.5 Å². The molecule has 196 valence electrons. The molecule has 4 rings (SSSR count). The molecule has 1 aliphatic carbocycles. The van der Waals surface area contributed by atoms with Crippen molar-refractivity contribution in [3.05, 3.63) is 58.0 Å². The molecular weight excluding hydrogens is 481 g/mol. The number of rotatable bonds is 8. The van der Waals surface area contributed by atoms with Crippen LogP contribution in [0.3, 0.4) is 0 Å². The molecule has 2 aromatic rings. The second kappa shape index (κ2) is 10.6. The molecule has 8 heteroatoms. The lowest BCUT2D eigenvalue weighted by Gasteiger charge is -2.47. The Hall–Kier alpha value is -2.22. The van der Waals surface area contributed by atoms with Crippen molar-refractivity contribution < 1.29 is 19.0 Å². The summed E-state index contributed by atoms with van der Waals surface area (Å²) in [6.07, 6.45) is 3.81. The number of aliphatic hydroxyl groups excluding tert-OH is 1. The van der Waals surface area contributed by atoms with Gasteiger partial charge in [0.15, 0.2) is 0 Å². The Morgan fingerprint density at radius 1 is 1.31 bits per heavy atom. The third kappa shape index (κ3) is 6.55. The number of benzene rings is 1. The van der Waals surface area contributed by atoms with Gasteiger partial charge in [-0.2, -0.15) is 9.37 Å². The first-order chi connectivity index (χ1) is 16.9. The SMILES string of the molecule is CC(=O)N[C@@H](Cc1ccc(Cl)cc1)[C@@H](O)CN[C@H]1CC2(CCC2)Oc2nc(F)c(CC(C)(C)C)cc21. The molecule has 3 N–H and O–H groups in total. The minimum atomic E-state index is -0.837. The van der Waals surface area contributed by atoms with Crippen molar-refractivity contribution in [2.75, 3.05) is 6.54 Å². The zero-order valence-corrected chi connectivity index (χ0v) is 22.3. The van der Waals surface area contributed by atoms with E-state index in [1.807, 2.05) is 18.2 Å². The highest BCUT2D eigenvalue weighted by molar-refractivity contribution is 6.30. The quantitative estimate of drug-likeness (QED) is 0.433. The van der Waals surface area contributed by atoms with E-state index in [0.717, 1.165) is 36.8 Å². The Morgan fingerprint density at radius 3 is 2.58 bits per heavy atom. The number of carbonyl (C=O) groups excluding carboxylic acids is 1. The minimum Gasteiger partial charge on any atom is -0.471 e. The molecular formula is C28H37ClFN3O3. The van der Waals surface area contributed by atoms with Crippen molar-refractivity contribution >= 4 is 17.5 Å². The predicted octanol–water partition coefficient (Wildman–Crippen LogP) is 4.91. The van der Waals surface area contributed by atoms with Gasteiger partial charge in [-0.05, 0) is 61.3 Å². The van der Waals surface area contributed by atoms with Gasteiger partial charge >= 0.3 is 0 Å². The number of aromatic nitrogens is 1. The van der Waals surface area contributed by atoms with Crippen molar-refractivity contribution in [3.63, 3.8) is 0 Å². The highest BCUT2D eigenvalue weighted by atomic mass is 35.5. The van der Waals surface area contributed by atoms with E-state index >= 15 is 0 Å². The van der Waals surface area contributed by atoms with Crippen molar-refractivity contribution in [2.45, 2.75) is 90.0 Å². The molecule has 1 aliphatic heterocycles. The van der Waals surface area contributed by atoms with Gasteiger partial charge in [0.2, 0.25) is 17.7 Å². The average Bonchev–Trinajstić information content (AvgIpc) is 2.76. The molecule has 1 aromatic carbocycles. The molecule has 1 spiro atoms.